The highest BCUT2D eigenvalue weighted by Gasteiger charge is 2.26. The summed E-state index contributed by atoms with van der Waals surface area (Å²) >= 11 is 7.44. The van der Waals surface area contributed by atoms with E-state index in [4.69, 9.17) is 16.3 Å². The number of carbonyl (C=O) groups excluding carboxylic acids is 1. The lowest BCUT2D eigenvalue weighted by molar-refractivity contribution is 0.0521. The van der Waals surface area contributed by atoms with Crippen LogP contribution in [0.1, 0.15) is 42.2 Å². The lowest BCUT2D eigenvalue weighted by Gasteiger charge is -2.27. The molecule has 0 N–H and O–H groups in total. The number of piperidine rings is 1. The number of rotatable bonds is 5. The van der Waals surface area contributed by atoms with E-state index in [1.165, 1.54) is 17.8 Å². The maximum atomic E-state index is 12.4. The number of halogens is 1. The number of ether oxygens (including phenoxy) is 1. The van der Waals surface area contributed by atoms with Gasteiger partial charge in [-0.3, -0.25) is 0 Å². The molecule has 3 rings (SSSR count). The molecule has 0 radical (unpaired) electrons. The van der Waals surface area contributed by atoms with Crippen LogP contribution in [0.25, 0.3) is 0 Å². The quantitative estimate of drug-likeness (QED) is 0.712. The zero-order valence-electron chi connectivity index (χ0n) is 15.2. The fourth-order valence-corrected chi connectivity index (χ4v) is 3.98. The Morgan fingerprint density at radius 1 is 1.35 bits per heavy atom. The van der Waals surface area contributed by atoms with E-state index in [9.17, 15) is 4.79 Å². The van der Waals surface area contributed by atoms with E-state index in [0.29, 0.717) is 28.4 Å². The number of hydrogen-bond acceptors (Lipinski definition) is 8. The first-order chi connectivity index (χ1) is 12.5. The summed E-state index contributed by atoms with van der Waals surface area (Å²) in [6.07, 6.45) is 3.46. The number of aromatic nitrogens is 3. The van der Waals surface area contributed by atoms with Gasteiger partial charge in [0.05, 0.1) is 6.61 Å². The van der Waals surface area contributed by atoms with Crippen LogP contribution in [0.5, 0.6) is 0 Å². The van der Waals surface area contributed by atoms with E-state index in [1.54, 1.807) is 6.92 Å². The Kier molecular flexibility index (Phi) is 5.93. The molecule has 2 aromatic rings. The first kappa shape index (κ1) is 18.8. The van der Waals surface area contributed by atoms with Crippen molar-refractivity contribution in [1.29, 1.82) is 0 Å². The van der Waals surface area contributed by atoms with Gasteiger partial charge in [-0.1, -0.05) is 22.9 Å². The van der Waals surface area contributed by atoms with Gasteiger partial charge in [0, 0.05) is 20.1 Å². The predicted octanol–water partition coefficient (Wildman–Crippen LogP) is 3.83. The number of carbonyl (C=O) groups is 1. The van der Waals surface area contributed by atoms with Gasteiger partial charge in [-0.15, -0.1) is 10.2 Å². The molecule has 1 aliphatic rings. The SMILES string of the molecule is CCOC(=O)c1nc(N(C)c2cc(C)c(Cl)nn2)sc1N1CCCCC1. The van der Waals surface area contributed by atoms with Gasteiger partial charge in [0.2, 0.25) is 0 Å². The summed E-state index contributed by atoms with van der Waals surface area (Å²) in [5, 5.41) is 10.00. The van der Waals surface area contributed by atoms with Crippen LogP contribution >= 0.6 is 22.9 Å². The molecule has 0 bridgehead atoms. The van der Waals surface area contributed by atoms with Crippen molar-refractivity contribution in [3.63, 3.8) is 0 Å². The third-order valence-electron chi connectivity index (χ3n) is 4.25. The van der Waals surface area contributed by atoms with Crippen molar-refractivity contribution in [3.8, 4) is 0 Å². The van der Waals surface area contributed by atoms with Crippen molar-refractivity contribution in [2.45, 2.75) is 33.1 Å². The van der Waals surface area contributed by atoms with Crippen LogP contribution < -0.4 is 9.80 Å². The highest BCUT2D eigenvalue weighted by atomic mass is 35.5. The summed E-state index contributed by atoms with van der Waals surface area (Å²) < 4.78 is 5.21. The number of nitrogens with zero attached hydrogens (tertiary/aromatic N) is 5. The molecule has 26 heavy (non-hydrogen) atoms. The minimum absolute atomic E-state index is 0.322. The minimum Gasteiger partial charge on any atom is -0.461 e. The molecule has 1 aliphatic heterocycles. The molecule has 0 aromatic carbocycles. The second kappa shape index (κ2) is 8.18. The Morgan fingerprint density at radius 2 is 2.08 bits per heavy atom. The molecule has 3 heterocycles. The third kappa shape index (κ3) is 3.91. The van der Waals surface area contributed by atoms with Crippen LogP contribution in [0.15, 0.2) is 6.07 Å². The highest BCUT2D eigenvalue weighted by Crippen LogP contribution is 2.37. The van der Waals surface area contributed by atoms with Gasteiger partial charge in [0.15, 0.2) is 21.8 Å². The van der Waals surface area contributed by atoms with Crippen molar-refractivity contribution < 1.29 is 9.53 Å². The van der Waals surface area contributed by atoms with E-state index in [2.05, 4.69) is 20.1 Å². The summed E-state index contributed by atoms with van der Waals surface area (Å²) in [4.78, 5) is 21.0. The van der Waals surface area contributed by atoms with E-state index in [1.807, 2.05) is 24.9 Å². The van der Waals surface area contributed by atoms with Crippen LogP contribution in [-0.2, 0) is 4.74 Å². The summed E-state index contributed by atoms with van der Waals surface area (Å²) in [6.45, 7) is 5.85. The molecule has 0 saturated carbocycles. The monoisotopic (exact) mass is 395 g/mol. The number of anilines is 3. The molecular formula is C17H22ClN5O2S. The zero-order valence-corrected chi connectivity index (χ0v) is 16.7. The van der Waals surface area contributed by atoms with Gasteiger partial charge in [-0.2, -0.15) is 0 Å². The van der Waals surface area contributed by atoms with Gasteiger partial charge in [-0.25, -0.2) is 9.78 Å². The molecule has 0 spiro atoms. The molecule has 0 unspecified atom stereocenters. The van der Waals surface area contributed by atoms with Crippen LogP contribution in [0.4, 0.5) is 16.0 Å². The molecule has 1 saturated heterocycles. The first-order valence-electron chi connectivity index (χ1n) is 8.67. The predicted molar refractivity (Wildman–Crippen MR) is 104 cm³/mol. The number of thiazole rings is 1. The molecule has 2 aromatic heterocycles. The topological polar surface area (TPSA) is 71.5 Å². The molecule has 7 nitrogen and oxygen atoms in total. The number of hydrogen-bond donors (Lipinski definition) is 0. The minimum atomic E-state index is -0.387. The van der Waals surface area contributed by atoms with Gasteiger partial charge in [0.1, 0.15) is 5.00 Å². The summed E-state index contributed by atoms with van der Waals surface area (Å²) in [6, 6.07) is 1.85. The summed E-state index contributed by atoms with van der Waals surface area (Å²) in [5.41, 5.74) is 1.21. The van der Waals surface area contributed by atoms with Crippen molar-refractivity contribution in [3.05, 3.63) is 22.5 Å². The summed E-state index contributed by atoms with van der Waals surface area (Å²) in [5.74, 6) is 0.239. The van der Waals surface area contributed by atoms with Crippen LogP contribution in [0, 0.1) is 6.92 Å². The highest BCUT2D eigenvalue weighted by molar-refractivity contribution is 7.20. The second-order valence-corrected chi connectivity index (χ2v) is 7.47. The largest absolute Gasteiger partial charge is 0.461 e. The molecule has 0 atom stereocenters. The van der Waals surface area contributed by atoms with E-state index in [-0.39, 0.29) is 5.97 Å². The molecule has 0 aliphatic carbocycles. The van der Waals surface area contributed by atoms with Crippen molar-refractivity contribution in [2.24, 2.45) is 0 Å². The Hall–Kier alpha value is -1.93. The van der Waals surface area contributed by atoms with Crippen LogP contribution in [0.2, 0.25) is 5.15 Å². The van der Waals surface area contributed by atoms with Crippen molar-refractivity contribution in [1.82, 2.24) is 15.2 Å². The molecule has 140 valence electrons. The normalized spacial score (nSPS) is 14.4. The van der Waals surface area contributed by atoms with Gasteiger partial charge >= 0.3 is 5.97 Å². The van der Waals surface area contributed by atoms with Crippen molar-refractivity contribution >= 4 is 44.9 Å². The fraction of sp³-hybridized carbons (Fsp3) is 0.529. The fourth-order valence-electron chi connectivity index (χ4n) is 2.81. The average molecular weight is 396 g/mol. The Labute approximate surface area is 161 Å². The molecular weight excluding hydrogens is 374 g/mol. The van der Waals surface area contributed by atoms with Gasteiger partial charge in [-0.05, 0) is 44.7 Å². The number of aryl methyl sites for hydroxylation is 1. The first-order valence-corrected chi connectivity index (χ1v) is 9.87. The Balaban J connectivity index is 1.96. The number of esters is 1. The second-order valence-electron chi connectivity index (χ2n) is 6.15. The Morgan fingerprint density at radius 3 is 2.73 bits per heavy atom. The lowest BCUT2D eigenvalue weighted by atomic mass is 10.1. The maximum Gasteiger partial charge on any atom is 0.360 e. The standard InChI is InChI=1S/C17H22ClN5O2S/c1-4-25-16(24)13-15(23-8-6-5-7-9-23)26-17(19-13)22(3)12-10-11(2)14(18)21-20-12/h10H,4-9H2,1-3H3. The molecule has 9 heteroatoms. The van der Waals surface area contributed by atoms with E-state index >= 15 is 0 Å². The van der Waals surface area contributed by atoms with E-state index in [0.717, 1.165) is 36.5 Å². The Bertz CT molecular complexity index is 791. The zero-order chi connectivity index (χ0) is 18.7. The average Bonchev–Trinajstić information content (AvgIpc) is 3.10. The lowest BCUT2D eigenvalue weighted by Crippen LogP contribution is -2.30. The molecule has 0 amide bonds. The van der Waals surface area contributed by atoms with Crippen LogP contribution in [0.3, 0.4) is 0 Å². The van der Waals surface area contributed by atoms with Gasteiger partial charge < -0.3 is 14.5 Å². The van der Waals surface area contributed by atoms with E-state index < -0.39 is 0 Å². The van der Waals surface area contributed by atoms with Crippen molar-refractivity contribution in [2.75, 3.05) is 36.5 Å². The third-order valence-corrected chi connectivity index (χ3v) is 5.82. The summed E-state index contributed by atoms with van der Waals surface area (Å²) in [7, 11) is 1.85. The molecule has 1 fully saturated rings. The van der Waals surface area contributed by atoms with Gasteiger partial charge in [0.25, 0.3) is 0 Å². The maximum absolute atomic E-state index is 12.4. The smallest absolute Gasteiger partial charge is 0.360 e. The van der Waals surface area contributed by atoms with Crippen LogP contribution in [-0.4, -0.2) is 47.9 Å².